The van der Waals surface area contributed by atoms with Gasteiger partial charge in [0.15, 0.2) is 0 Å². The highest BCUT2D eigenvalue weighted by molar-refractivity contribution is 5.22. The second-order valence-corrected chi connectivity index (χ2v) is 6.18. The third-order valence-corrected chi connectivity index (χ3v) is 3.65. The summed E-state index contributed by atoms with van der Waals surface area (Å²) >= 11 is 0. The van der Waals surface area contributed by atoms with Crippen LogP contribution in [0.5, 0.6) is 0 Å². The van der Waals surface area contributed by atoms with E-state index in [1.807, 2.05) is 6.92 Å². The maximum Gasteiger partial charge on any atom is 0.128 e. The highest BCUT2D eigenvalue weighted by Crippen LogP contribution is 2.27. The average Bonchev–Trinajstić information content (AvgIpc) is 2.40. The quantitative estimate of drug-likeness (QED) is 0.827. The highest BCUT2D eigenvalue weighted by Gasteiger charge is 2.25. The maximum atomic E-state index is 13.9. The molecule has 1 aromatic rings. The molecule has 0 fully saturated rings. The molecule has 0 saturated carbocycles. The van der Waals surface area contributed by atoms with E-state index in [2.05, 4.69) is 25.7 Å². The van der Waals surface area contributed by atoms with E-state index >= 15 is 0 Å². The minimum Gasteiger partial charge on any atom is -0.330 e. The topological polar surface area (TPSA) is 29.3 Å². The lowest BCUT2D eigenvalue weighted by Gasteiger charge is -2.36. The third-order valence-electron chi connectivity index (χ3n) is 3.65. The Kier molecular flexibility index (Phi) is 6.08. The van der Waals surface area contributed by atoms with E-state index in [1.54, 1.807) is 0 Å². The van der Waals surface area contributed by atoms with Crippen molar-refractivity contribution >= 4 is 0 Å². The minimum absolute atomic E-state index is 0.0484. The first-order valence-corrected chi connectivity index (χ1v) is 7.20. The van der Waals surface area contributed by atoms with Gasteiger partial charge in [-0.1, -0.05) is 20.8 Å². The summed E-state index contributed by atoms with van der Waals surface area (Å²) in [6.07, 6.45) is 0.960. The molecular weight excluding hydrogens is 258 g/mol. The molecule has 0 heterocycles. The zero-order chi connectivity index (χ0) is 15.3. The lowest BCUT2D eigenvalue weighted by atomic mass is 9.91. The van der Waals surface area contributed by atoms with Gasteiger partial charge in [0.1, 0.15) is 11.6 Å². The predicted molar refractivity (Wildman–Crippen MR) is 79.5 cm³/mol. The number of halogens is 2. The Morgan fingerprint density at radius 2 is 1.95 bits per heavy atom. The number of hydrogen-bond acceptors (Lipinski definition) is 2. The maximum absolute atomic E-state index is 13.9. The second kappa shape index (κ2) is 7.14. The molecule has 4 heteroatoms. The Labute approximate surface area is 121 Å². The van der Waals surface area contributed by atoms with Crippen LogP contribution in [-0.2, 0) is 0 Å². The van der Waals surface area contributed by atoms with Gasteiger partial charge in [-0.3, -0.25) is 4.90 Å². The van der Waals surface area contributed by atoms with Crippen molar-refractivity contribution in [3.8, 4) is 0 Å². The molecule has 2 nitrogen and oxygen atoms in total. The molecule has 0 radical (unpaired) electrons. The third kappa shape index (κ3) is 4.53. The van der Waals surface area contributed by atoms with E-state index in [0.29, 0.717) is 12.1 Å². The number of nitrogens with two attached hydrogens (primary N) is 1. The Bertz CT molecular complexity index is 432. The van der Waals surface area contributed by atoms with Crippen molar-refractivity contribution in [2.75, 3.05) is 19.6 Å². The molecule has 0 bridgehead atoms. The van der Waals surface area contributed by atoms with Crippen molar-refractivity contribution in [3.63, 3.8) is 0 Å². The van der Waals surface area contributed by atoms with E-state index in [9.17, 15) is 8.78 Å². The molecule has 20 heavy (non-hydrogen) atoms. The van der Waals surface area contributed by atoms with Gasteiger partial charge < -0.3 is 5.73 Å². The molecule has 0 saturated heterocycles. The zero-order valence-corrected chi connectivity index (χ0v) is 12.9. The molecule has 0 aromatic heterocycles. The second-order valence-electron chi connectivity index (χ2n) is 6.18. The number of rotatable bonds is 7. The van der Waals surface area contributed by atoms with Crippen LogP contribution in [0.15, 0.2) is 18.2 Å². The number of nitrogens with zero attached hydrogens (tertiary/aromatic N) is 1. The highest BCUT2D eigenvalue weighted by atomic mass is 19.1. The minimum atomic E-state index is -0.400. The van der Waals surface area contributed by atoms with Crippen molar-refractivity contribution in [2.45, 2.75) is 40.2 Å². The summed E-state index contributed by atoms with van der Waals surface area (Å²) in [6, 6.07) is 3.47. The molecule has 0 aliphatic carbocycles. The van der Waals surface area contributed by atoms with Crippen LogP contribution in [0.2, 0.25) is 0 Å². The summed E-state index contributed by atoms with van der Waals surface area (Å²) in [5, 5.41) is 0. The first-order valence-electron chi connectivity index (χ1n) is 7.20. The summed E-state index contributed by atoms with van der Waals surface area (Å²) in [5.41, 5.74) is 6.14. The van der Waals surface area contributed by atoms with E-state index in [-0.39, 0.29) is 17.3 Å². The van der Waals surface area contributed by atoms with Crippen molar-refractivity contribution in [1.29, 1.82) is 0 Å². The van der Waals surface area contributed by atoms with E-state index < -0.39 is 5.82 Å². The number of hydrogen-bond donors (Lipinski definition) is 1. The Balaban J connectivity index is 2.98. The standard InChI is InChI=1S/C16H26F2N2/c1-5-8-20(11-16(3,4)10-19)12(2)14-9-13(17)6-7-15(14)18/h6-7,9,12H,5,8,10-11,19H2,1-4H3. The van der Waals surface area contributed by atoms with E-state index in [4.69, 9.17) is 5.73 Å². The average molecular weight is 284 g/mol. The SMILES string of the molecule is CCCN(CC(C)(C)CN)C(C)c1cc(F)ccc1F. The monoisotopic (exact) mass is 284 g/mol. The smallest absolute Gasteiger partial charge is 0.128 e. The Morgan fingerprint density at radius 1 is 1.30 bits per heavy atom. The molecule has 114 valence electrons. The van der Waals surface area contributed by atoms with Crippen LogP contribution in [-0.4, -0.2) is 24.5 Å². The van der Waals surface area contributed by atoms with Crippen LogP contribution in [0, 0.1) is 17.0 Å². The zero-order valence-electron chi connectivity index (χ0n) is 12.9. The van der Waals surface area contributed by atoms with Gasteiger partial charge in [0.05, 0.1) is 0 Å². The van der Waals surface area contributed by atoms with Crippen LogP contribution >= 0.6 is 0 Å². The molecule has 0 spiro atoms. The first kappa shape index (κ1) is 17.1. The lowest BCUT2D eigenvalue weighted by Crippen LogP contribution is -2.40. The van der Waals surface area contributed by atoms with Crippen molar-refractivity contribution in [1.82, 2.24) is 4.90 Å². The molecule has 0 aliphatic rings. The normalized spacial score (nSPS) is 13.8. The summed E-state index contributed by atoms with van der Waals surface area (Å²) < 4.78 is 27.3. The van der Waals surface area contributed by atoms with Crippen LogP contribution in [0.4, 0.5) is 8.78 Å². The summed E-state index contributed by atoms with van der Waals surface area (Å²) in [4.78, 5) is 2.17. The Hall–Kier alpha value is -1.00. The molecule has 1 aromatic carbocycles. The molecule has 1 atom stereocenters. The molecule has 0 aliphatic heterocycles. The van der Waals surface area contributed by atoms with E-state index in [0.717, 1.165) is 25.6 Å². The van der Waals surface area contributed by atoms with Crippen molar-refractivity contribution in [2.24, 2.45) is 11.1 Å². The fourth-order valence-electron chi connectivity index (χ4n) is 2.34. The van der Waals surface area contributed by atoms with Crippen LogP contribution < -0.4 is 5.73 Å². The van der Waals surface area contributed by atoms with Gasteiger partial charge in [-0.05, 0) is 50.0 Å². The van der Waals surface area contributed by atoms with Gasteiger partial charge in [0, 0.05) is 18.2 Å². The van der Waals surface area contributed by atoms with E-state index in [1.165, 1.54) is 12.1 Å². The molecule has 1 rings (SSSR count). The van der Waals surface area contributed by atoms with Crippen molar-refractivity contribution < 1.29 is 8.78 Å². The summed E-state index contributed by atoms with van der Waals surface area (Å²) in [6.45, 7) is 10.3. The van der Waals surface area contributed by atoms with Crippen LogP contribution in [0.1, 0.15) is 45.7 Å². The molecule has 2 N–H and O–H groups in total. The lowest BCUT2D eigenvalue weighted by molar-refractivity contribution is 0.138. The fourth-order valence-corrected chi connectivity index (χ4v) is 2.34. The van der Waals surface area contributed by atoms with Crippen molar-refractivity contribution in [3.05, 3.63) is 35.4 Å². The largest absolute Gasteiger partial charge is 0.330 e. The Morgan fingerprint density at radius 3 is 2.50 bits per heavy atom. The predicted octanol–water partition coefficient (Wildman–Crippen LogP) is 3.72. The fraction of sp³-hybridized carbons (Fsp3) is 0.625. The van der Waals surface area contributed by atoms with Gasteiger partial charge in [-0.15, -0.1) is 0 Å². The van der Waals surface area contributed by atoms with Gasteiger partial charge in [0.25, 0.3) is 0 Å². The molecular formula is C16H26F2N2. The molecule has 1 unspecified atom stereocenters. The van der Waals surface area contributed by atoms with Crippen LogP contribution in [0.3, 0.4) is 0 Å². The van der Waals surface area contributed by atoms with Gasteiger partial charge in [-0.25, -0.2) is 8.78 Å². The van der Waals surface area contributed by atoms with Gasteiger partial charge in [-0.2, -0.15) is 0 Å². The first-order chi connectivity index (χ1) is 9.30. The van der Waals surface area contributed by atoms with Gasteiger partial charge >= 0.3 is 0 Å². The van der Waals surface area contributed by atoms with Crippen LogP contribution in [0.25, 0.3) is 0 Å². The molecule has 0 amide bonds. The summed E-state index contributed by atoms with van der Waals surface area (Å²) in [7, 11) is 0. The summed E-state index contributed by atoms with van der Waals surface area (Å²) in [5.74, 6) is -0.756. The van der Waals surface area contributed by atoms with Gasteiger partial charge in [0.2, 0.25) is 0 Å². The number of benzene rings is 1.